The normalized spacial score (nSPS) is 14.0. The number of nitro groups is 1. The Balaban J connectivity index is 3.00. The fourth-order valence-electron chi connectivity index (χ4n) is 1.26. The van der Waals surface area contributed by atoms with Crippen LogP contribution in [0.3, 0.4) is 0 Å². The highest BCUT2D eigenvalue weighted by Gasteiger charge is 2.22. The van der Waals surface area contributed by atoms with Gasteiger partial charge in [0, 0.05) is 41.0 Å². The Morgan fingerprint density at radius 2 is 2.11 bits per heavy atom. The zero-order chi connectivity index (χ0) is 13.9. The molecular weight excluding hydrogens is 266 g/mol. The van der Waals surface area contributed by atoms with Gasteiger partial charge in [-0.1, -0.05) is 0 Å². The highest BCUT2D eigenvalue weighted by Crippen LogP contribution is 2.28. The first-order chi connectivity index (χ1) is 8.32. The monoisotopic (exact) mass is 278 g/mol. The van der Waals surface area contributed by atoms with Gasteiger partial charge < -0.3 is 5.32 Å². The summed E-state index contributed by atoms with van der Waals surface area (Å²) in [6.07, 6.45) is 1.48. The molecule has 0 aromatic heterocycles. The lowest BCUT2D eigenvalue weighted by Crippen LogP contribution is -2.21. The lowest BCUT2D eigenvalue weighted by molar-refractivity contribution is -0.386. The summed E-state index contributed by atoms with van der Waals surface area (Å²) in [4.78, 5) is 9.75. The molecule has 1 aromatic rings. The smallest absolute Gasteiger partial charge is 0.327 e. The van der Waals surface area contributed by atoms with E-state index in [4.69, 9.17) is 0 Å². The SMILES string of the molecule is CC(CNc1cc(F)cc(F)c1[N+](=O)[O-])S(C)=O. The van der Waals surface area contributed by atoms with Gasteiger partial charge in [-0.15, -0.1) is 0 Å². The molecule has 0 heterocycles. The number of hydrogen-bond acceptors (Lipinski definition) is 4. The summed E-state index contributed by atoms with van der Waals surface area (Å²) in [7, 11) is -1.13. The topological polar surface area (TPSA) is 72.2 Å². The summed E-state index contributed by atoms with van der Waals surface area (Å²) < 4.78 is 37.4. The van der Waals surface area contributed by atoms with Crippen LogP contribution < -0.4 is 5.32 Å². The molecular formula is C10H12F2N2O3S. The van der Waals surface area contributed by atoms with Crippen molar-refractivity contribution in [3.63, 3.8) is 0 Å². The summed E-state index contributed by atoms with van der Waals surface area (Å²) in [5.41, 5.74) is -1.07. The third-order valence-electron chi connectivity index (χ3n) is 2.36. The molecule has 0 radical (unpaired) electrons. The molecule has 8 heteroatoms. The van der Waals surface area contributed by atoms with Gasteiger partial charge in [-0.05, 0) is 6.92 Å². The molecule has 1 N–H and O–H groups in total. The molecule has 2 unspecified atom stereocenters. The maximum Gasteiger partial charge on any atom is 0.327 e. The van der Waals surface area contributed by atoms with E-state index in [0.29, 0.717) is 6.07 Å². The van der Waals surface area contributed by atoms with E-state index in [1.54, 1.807) is 6.92 Å². The summed E-state index contributed by atoms with van der Waals surface area (Å²) in [5, 5.41) is 12.9. The number of hydrogen-bond donors (Lipinski definition) is 1. The fourth-order valence-corrected chi connectivity index (χ4v) is 1.58. The first-order valence-corrected chi connectivity index (χ1v) is 6.64. The van der Waals surface area contributed by atoms with Gasteiger partial charge in [0.15, 0.2) is 0 Å². The van der Waals surface area contributed by atoms with Crippen molar-refractivity contribution in [1.29, 1.82) is 0 Å². The van der Waals surface area contributed by atoms with Crippen LogP contribution in [0.2, 0.25) is 0 Å². The number of nitrogens with zero attached hydrogens (tertiary/aromatic N) is 1. The molecule has 0 saturated heterocycles. The van der Waals surface area contributed by atoms with E-state index < -0.39 is 33.0 Å². The molecule has 100 valence electrons. The van der Waals surface area contributed by atoms with Crippen molar-refractivity contribution in [1.82, 2.24) is 0 Å². The largest absolute Gasteiger partial charge is 0.378 e. The molecule has 1 rings (SSSR count). The van der Waals surface area contributed by atoms with Crippen molar-refractivity contribution >= 4 is 22.2 Å². The molecule has 0 aliphatic rings. The van der Waals surface area contributed by atoms with Gasteiger partial charge in [0.25, 0.3) is 0 Å². The quantitative estimate of drug-likeness (QED) is 0.661. The molecule has 0 aliphatic heterocycles. The van der Waals surface area contributed by atoms with E-state index in [-0.39, 0.29) is 17.5 Å². The Hall–Kier alpha value is -1.57. The minimum atomic E-state index is -1.24. The maximum absolute atomic E-state index is 13.3. The molecule has 1 aromatic carbocycles. The number of benzene rings is 1. The Morgan fingerprint density at radius 3 is 2.61 bits per heavy atom. The van der Waals surface area contributed by atoms with Crippen molar-refractivity contribution in [2.75, 3.05) is 18.1 Å². The number of anilines is 1. The zero-order valence-electron chi connectivity index (χ0n) is 9.78. The lowest BCUT2D eigenvalue weighted by Gasteiger charge is -2.11. The molecule has 0 bridgehead atoms. The Labute approximate surface area is 105 Å². The van der Waals surface area contributed by atoms with Crippen LogP contribution in [0, 0.1) is 21.7 Å². The second-order valence-corrected chi connectivity index (χ2v) is 5.53. The van der Waals surface area contributed by atoms with Crippen LogP contribution in [0.25, 0.3) is 0 Å². The molecule has 0 fully saturated rings. The third kappa shape index (κ3) is 3.46. The summed E-state index contributed by atoms with van der Waals surface area (Å²) in [6, 6.07) is 1.29. The Kier molecular flexibility index (Phi) is 4.71. The van der Waals surface area contributed by atoms with Gasteiger partial charge in [0.1, 0.15) is 11.5 Å². The molecule has 18 heavy (non-hydrogen) atoms. The van der Waals surface area contributed by atoms with Crippen molar-refractivity contribution in [3.8, 4) is 0 Å². The molecule has 5 nitrogen and oxygen atoms in total. The van der Waals surface area contributed by atoms with Crippen LogP contribution in [0.15, 0.2) is 12.1 Å². The van der Waals surface area contributed by atoms with E-state index in [2.05, 4.69) is 5.32 Å². The van der Waals surface area contributed by atoms with E-state index >= 15 is 0 Å². The van der Waals surface area contributed by atoms with Crippen LogP contribution in [-0.4, -0.2) is 27.2 Å². The van der Waals surface area contributed by atoms with Gasteiger partial charge in [0.2, 0.25) is 5.82 Å². The average Bonchev–Trinajstić information content (AvgIpc) is 2.23. The molecule has 0 aliphatic carbocycles. The van der Waals surface area contributed by atoms with Crippen LogP contribution in [0.4, 0.5) is 20.2 Å². The summed E-state index contributed by atoms with van der Waals surface area (Å²) >= 11 is 0. The van der Waals surface area contributed by atoms with Crippen LogP contribution >= 0.6 is 0 Å². The minimum Gasteiger partial charge on any atom is -0.378 e. The van der Waals surface area contributed by atoms with Crippen LogP contribution in [0.1, 0.15) is 6.92 Å². The van der Waals surface area contributed by atoms with Crippen LogP contribution in [-0.2, 0) is 10.8 Å². The van der Waals surface area contributed by atoms with Gasteiger partial charge in [0.05, 0.1) is 4.92 Å². The van der Waals surface area contributed by atoms with E-state index in [0.717, 1.165) is 6.07 Å². The summed E-state index contributed by atoms with van der Waals surface area (Å²) in [6.45, 7) is 1.78. The average molecular weight is 278 g/mol. The highest BCUT2D eigenvalue weighted by atomic mass is 32.2. The van der Waals surface area contributed by atoms with Gasteiger partial charge in [-0.25, -0.2) is 4.39 Å². The predicted octanol–water partition coefficient (Wildman–Crippen LogP) is 2.05. The number of nitro benzene ring substituents is 1. The number of nitrogens with one attached hydrogen (secondary N) is 1. The highest BCUT2D eigenvalue weighted by molar-refractivity contribution is 7.84. The molecule has 0 saturated carbocycles. The van der Waals surface area contributed by atoms with Crippen molar-refractivity contribution < 1.29 is 17.9 Å². The molecule has 2 atom stereocenters. The standard InChI is InChI=1S/C10H12F2N2O3S/c1-6(18(2)17)5-13-9-4-7(11)3-8(12)10(9)14(15)16/h3-4,6,13H,5H2,1-2H3. The van der Waals surface area contributed by atoms with E-state index in [9.17, 15) is 23.1 Å². The molecule has 0 amide bonds. The maximum atomic E-state index is 13.3. The minimum absolute atomic E-state index is 0.118. The second kappa shape index (κ2) is 5.85. The Morgan fingerprint density at radius 1 is 1.50 bits per heavy atom. The van der Waals surface area contributed by atoms with Crippen molar-refractivity contribution in [3.05, 3.63) is 33.9 Å². The van der Waals surface area contributed by atoms with E-state index in [1.165, 1.54) is 6.26 Å². The third-order valence-corrected chi connectivity index (χ3v) is 3.66. The van der Waals surface area contributed by atoms with E-state index in [1.807, 2.05) is 0 Å². The Bertz CT molecular complexity index is 496. The first-order valence-electron chi connectivity index (χ1n) is 5.02. The van der Waals surface area contributed by atoms with Gasteiger partial charge in [-0.3, -0.25) is 14.3 Å². The van der Waals surface area contributed by atoms with Gasteiger partial charge in [-0.2, -0.15) is 4.39 Å². The summed E-state index contributed by atoms with van der Waals surface area (Å²) in [5.74, 6) is -2.15. The van der Waals surface area contributed by atoms with Crippen molar-refractivity contribution in [2.24, 2.45) is 0 Å². The molecule has 0 spiro atoms. The first kappa shape index (κ1) is 14.5. The van der Waals surface area contributed by atoms with Crippen LogP contribution in [0.5, 0.6) is 0 Å². The lowest BCUT2D eigenvalue weighted by atomic mass is 10.2. The van der Waals surface area contributed by atoms with Crippen molar-refractivity contribution in [2.45, 2.75) is 12.2 Å². The fraction of sp³-hybridized carbons (Fsp3) is 0.400. The van der Waals surface area contributed by atoms with Gasteiger partial charge >= 0.3 is 5.69 Å². The number of rotatable bonds is 5. The predicted molar refractivity (Wildman–Crippen MR) is 65.0 cm³/mol. The zero-order valence-corrected chi connectivity index (χ0v) is 10.6. The number of halogens is 2. The second-order valence-electron chi connectivity index (χ2n) is 3.73.